The Kier molecular flexibility index (Phi) is 9.49. The first-order valence-corrected chi connectivity index (χ1v) is 13.6. The fraction of sp³-hybridized carbons (Fsp3) is 0.448. The Morgan fingerprint density at radius 3 is 2.52 bits per heavy atom. The highest BCUT2D eigenvalue weighted by atomic mass is 35.5. The maximum absolute atomic E-state index is 14.2. The third kappa shape index (κ3) is 6.11. The Labute approximate surface area is 248 Å². The summed E-state index contributed by atoms with van der Waals surface area (Å²) in [7, 11) is 1.15. The van der Waals surface area contributed by atoms with Gasteiger partial charge in [-0.25, -0.2) is 28.1 Å². The molecule has 1 saturated carbocycles. The Balaban J connectivity index is 0.00000405. The van der Waals surface area contributed by atoms with Gasteiger partial charge in [0.2, 0.25) is 0 Å². The maximum Gasteiger partial charge on any atom is 0.337 e. The van der Waals surface area contributed by atoms with E-state index in [4.69, 9.17) is 4.74 Å². The minimum atomic E-state index is -1.33. The molecule has 226 valence electrons. The number of pyridine rings is 1. The Hall–Kier alpha value is -3.61. The number of likely N-dealkylation sites (tertiary alicyclic amines) is 1. The number of esters is 1. The molecule has 0 bridgehead atoms. The molecule has 2 aromatic rings. The van der Waals surface area contributed by atoms with Gasteiger partial charge < -0.3 is 20.5 Å². The van der Waals surface area contributed by atoms with Crippen molar-refractivity contribution in [2.24, 2.45) is 0 Å². The van der Waals surface area contributed by atoms with Gasteiger partial charge in [0.05, 0.1) is 18.4 Å². The molecule has 1 aromatic heterocycles. The zero-order valence-corrected chi connectivity index (χ0v) is 24.1. The van der Waals surface area contributed by atoms with E-state index in [1.54, 1.807) is 6.20 Å². The van der Waals surface area contributed by atoms with Crippen LogP contribution in [0, 0.1) is 11.6 Å². The molecule has 0 unspecified atom stereocenters. The van der Waals surface area contributed by atoms with Crippen molar-refractivity contribution in [2.75, 3.05) is 20.2 Å². The SMILES string of the molecule is COC(=O)C1=C(C)NC(=O)N(C(=O)N[C@@H]2CCN(C3CCC(O)(c4ccccn4)CC3)C2)[C@H]1c1ccc(F)c(F)c1.Cl. The van der Waals surface area contributed by atoms with Gasteiger partial charge in [0, 0.05) is 37.1 Å². The lowest BCUT2D eigenvalue weighted by Gasteiger charge is -2.39. The largest absolute Gasteiger partial charge is 0.466 e. The van der Waals surface area contributed by atoms with Crippen molar-refractivity contribution in [3.8, 4) is 0 Å². The first-order chi connectivity index (χ1) is 19.6. The number of imide groups is 1. The van der Waals surface area contributed by atoms with Gasteiger partial charge in [-0.05, 0) is 68.9 Å². The summed E-state index contributed by atoms with van der Waals surface area (Å²) < 4.78 is 32.8. The van der Waals surface area contributed by atoms with Crippen LogP contribution in [0.2, 0.25) is 0 Å². The Morgan fingerprint density at radius 1 is 1.14 bits per heavy atom. The van der Waals surface area contributed by atoms with E-state index in [0.717, 1.165) is 43.5 Å². The zero-order valence-electron chi connectivity index (χ0n) is 23.3. The van der Waals surface area contributed by atoms with Crippen LogP contribution in [0.25, 0.3) is 0 Å². The van der Waals surface area contributed by atoms with Crippen LogP contribution >= 0.6 is 12.4 Å². The number of urea groups is 2. The van der Waals surface area contributed by atoms with Gasteiger partial charge in [0.25, 0.3) is 0 Å². The Bertz CT molecular complexity index is 1370. The number of halogens is 3. The molecule has 10 nitrogen and oxygen atoms in total. The van der Waals surface area contributed by atoms with Gasteiger partial charge in [0.1, 0.15) is 11.6 Å². The average Bonchev–Trinajstić information content (AvgIpc) is 3.42. The van der Waals surface area contributed by atoms with Crippen LogP contribution in [0.15, 0.2) is 53.9 Å². The van der Waals surface area contributed by atoms with E-state index in [1.165, 1.54) is 13.0 Å². The molecule has 1 aliphatic carbocycles. The molecule has 0 spiro atoms. The first-order valence-electron chi connectivity index (χ1n) is 13.6. The molecule has 3 N–H and O–H groups in total. The van der Waals surface area contributed by atoms with Crippen molar-refractivity contribution < 1.29 is 33.0 Å². The highest BCUT2D eigenvalue weighted by molar-refractivity contribution is 6.01. The van der Waals surface area contributed by atoms with Crippen molar-refractivity contribution in [1.82, 2.24) is 25.4 Å². The number of hydrogen-bond donors (Lipinski definition) is 3. The monoisotopic (exact) mass is 605 g/mol. The van der Waals surface area contributed by atoms with Crippen molar-refractivity contribution in [3.63, 3.8) is 0 Å². The van der Waals surface area contributed by atoms with Crippen LogP contribution in [0.3, 0.4) is 0 Å². The number of benzene rings is 1. The van der Waals surface area contributed by atoms with Crippen LogP contribution < -0.4 is 10.6 Å². The summed E-state index contributed by atoms with van der Waals surface area (Å²) in [4.78, 5) is 46.7. The third-order valence-electron chi connectivity index (χ3n) is 8.32. The summed E-state index contributed by atoms with van der Waals surface area (Å²) >= 11 is 0. The normalized spacial score (nSPS) is 26.4. The molecule has 2 aliphatic heterocycles. The summed E-state index contributed by atoms with van der Waals surface area (Å²) in [6.45, 7) is 2.74. The second-order valence-corrected chi connectivity index (χ2v) is 10.8. The molecular weight excluding hydrogens is 572 g/mol. The summed E-state index contributed by atoms with van der Waals surface area (Å²) in [5, 5.41) is 16.5. The second kappa shape index (κ2) is 12.7. The average molecular weight is 606 g/mol. The first kappa shape index (κ1) is 31.3. The van der Waals surface area contributed by atoms with Gasteiger partial charge in [-0.2, -0.15) is 0 Å². The minimum Gasteiger partial charge on any atom is -0.466 e. The minimum absolute atomic E-state index is 0. The standard InChI is InChI=1S/C29H33F2N5O5.ClH/c1-17-24(26(37)41-2)25(18-6-7-21(30)22(31)15-18)36(27(38)33-17)28(39)34-19-10-14-35(16-19)20-8-11-29(40,12-9-20)23-5-3-4-13-32-23;/h3-7,13,15,19-20,25,40H,8-12,14,16H2,1-2H3,(H,33,38)(H,34,39);1H/t19-,20?,25+,29?;/m1./s1. The zero-order chi connectivity index (χ0) is 29.3. The number of nitrogens with one attached hydrogen (secondary N) is 2. The number of carbonyl (C=O) groups excluding carboxylic acids is 3. The summed E-state index contributed by atoms with van der Waals surface area (Å²) in [6, 6.07) is 5.53. The molecular formula is C29H34ClF2N5O5. The third-order valence-corrected chi connectivity index (χ3v) is 8.32. The highest BCUT2D eigenvalue weighted by Gasteiger charge is 2.44. The van der Waals surface area contributed by atoms with Crippen molar-refractivity contribution in [1.29, 1.82) is 0 Å². The van der Waals surface area contributed by atoms with Gasteiger partial charge >= 0.3 is 18.0 Å². The Morgan fingerprint density at radius 2 is 1.88 bits per heavy atom. The van der Waals surface area contributed by atoms with E-state index in [0.29, 0.717) is 31.5 Å². The molecule has 4 amide bonds. The molecule has 3 aliphatic rings. The number of methoxy groups -OCH3 is 1. The summed E-state index contributed by atoms with van der Waals surface area (Å²) in [5.74, 6) is -3.09. The molecule has 42 heavy (non-hydrogen) atoms. The van der Waals surface area contributed by atoms with Gasteiger partial charge in [-0.15, -0.1) is 12.4 Å². The molecule has 5 rings (SSSR count). The number of carbonyl (C=O) groups is 3. The predicted octanol–water partition coefficient (Wildman–Crippen LogP) is 3.91. The lowest BCUT2D eigenvalue weighted by atomic mass is 9.79. The molecule has 1 saturated heterocycles. The van der Waals surface area contributed by atoms with E-state index in [1.807, 2.05) is 18.2 Å². The van der Waals surface area contributed by atoms with Crippen LogP contribution in [-0.2, 0) is 15.1 Å². The number of ether oxygens (including phenoxy) is 1. The van der Waals surface area contributed by atoms with Gasteiger partial charge in [-0.1, -0.05) is 12.1 Å². The topological polar surface area (TPSA) is 124 Å². The lowest BCUT2D eigenvalue weighted by molar-refractivity contribution is -0.136. The van der Waals surface area contributed by atoms with Crippen molar-refractivity contribution >= 4 is 30.4 Å². The molecule has 2 fully saturated rings. The molecule has 3 heterocycles. The van der Waals surface area contributed by atoms with E-state index in [-0.39, 0.29) is 41.3 Å². The molecule has 0 radical (unpaired) electrons. The smallest absolute Gasteiger partial charge is 0.337 e. The van der Waals surface area contributed by atoms with Crippen molar-refractivity contribution in [3.05, 3.63) is 76.8 Å². The van der Waals surface area contributed by atoms with E-state index < -0.39 is 41.3 Å². The van der Waals surface area contributed by atoms with Gasteiger partial charge in [-0.3, -0.25) is 9.88 Å². The highest BCUT2D eigenvalue weighted by Crippen LogP contribution is 2.39. The number of aliphatic hydroxyl groups is 1. The van der Waals surface area contributed by atoms with E-state index >= 15 is 0 Å². The van der Waals surface area contributed by atoms with Crippen LogP contribution in [0.5, 0.6) is 0 Å². The summed E-state index contributed by atoms with van der Waals surface area (Å²) in [5.41, 5.74) is -0.148. The van der Waals surface area contributed by atoms with Crippen molar-refractivity contribution in [2.45, 2.75) is 62.8 Å². The van der Waals surface area contributed by atoms with Gasteiger partial charge in [0.15, 0.2) is 11.6 Å². The van der Waals surface area contributed by atoms with Crippen LogP contribution in [0.4, 0.5) is 18.4 Å². The number of nitrogens with zero attached hydrogens (tertiary/aromatic N) is 3. The van der Waals surface area contributed by atoms with Crippen LogP contribution in [-0.4, -0.2) is 70.2 Å². The summed E-state index contributed by atoms with van der Waals surface area (Å²) in [6.07, 6.45) is 5.01. The quantitative estimate of drug-likeness (QED) is 0.442. The number of aromatic nitrogens is 1. The van der Waals surface area contributed by atoms with E-state index in [9.17, 15) is 28.3 Å². The fourth-order valence-corrected chi connectivity index (χ4v) is 6.14. The van der Waals surface area contributed by atoms with Crippen LogP contribution in [0.1, 0.15) is 56.3 Å². The number of hydrogen-bond acceptors (Lipinski definition) is 7. The lowest BCUT2D eigenvalue weighted by Crippen LogP contribution is -2.56. The van der Waals surface area contributed by atoms with E-state index in [2.05, 4.69) is 20.5 Å². The molecule has 13 heteroatoms. The fourth-order valence-electron chi connectivity index (χ4n) is 6.14. The predicted molar refractivity (Wildman–Crippen MR) is 150 cm³/mol. The molecule has 1 aromatic carbocycles. The molecule has 2 atom stereocenters. The number of amides is 4. The number of allylic oxidation sites excluding steroid dienone is 1. The number of rotatable bonds is 5. The second-order valence-electron chi connectivity index (χ2n) is 10.8. The maximum atomic E-state index is 14.2.